The number of aryl methyl sites for hydroxylation is 1. The topological polar surface area (TPSA) is 51.0 Å². The summed E-state index contributed by atoms with van der Waals surface area (Å²) in [4.78, 5) is 9.20. The minimum atomic E-state index is 0.793. The van der Waals surface area contributed by atoms with Crippen LogP contribution < -0.4 is 5.32 Å². The summed E-state index contributed by atoms with van der Waals surface area (Å²) in [6.45, 7) is 7.23. The molecule has 0 saturated heterocycles. The molecule has 2 heterocycles. The molecule has 108 valence electrons. The SMILES string of the molecule is CCCNc1nc(CC)nc(SCc2ccco2)c1C. The molecule has 0 amide bonds. The Hall–Kier alpha value is -1.49. The van der Waals surface area contributed by atoms with Gasteiger partial charge in [-0.3, -0.25) is 0 Å². The molecule has 2 rings (SSSR count). The molecule has 20 heavy (non-hydrogen) atoms. The average molecular weight is 291 g/mol. The number of aromatic nitrogens is 2. The van der Waals surface area contributed by atoms with Crippen LogP contribution in [0.3, 0.4) is 0 Å². The molecule has 0 bridgehead atoms. The molecule has 0 unspecified atom stereocenters. The smallest absolute Gasteiger partial charge is 0.133 e. The maximum absolute atomic E-state index is 5.37. The minimum Gasteiger partial charge on any atom is -0.468 e. The van der Waals surface area contributed by atoms with Crippen LogP contribution in [-0.4, -0.2) is 16.5 Å². The first kappa shape index (κ1) is 14.9. The number of hydrogen-bond donors (Lipinski definition) is 1. The lowest BCUT2D eigenvalue weighted by molar-refractivity contribution is 0.530. The maximum Gasteiger partial charge on any atom is 0.133 e. The molecule has 2 aromatic rings. The minimum absolute atomic E-state index is 0.793. The summed E-state index contributed by atoms with van der Waals surface area (Å²) in [6, 6.07) is 3.90. The number of thioether (sulfide) groups is 1. The lowest BCUT2D eigenvalue weighted by Gasteiger charge is -2.12. The molecular weight excluding hydrogens is 270 g/mol. The van der Waals surface area contributed by atoms with Crippen molar-refractivity contribution in [2.75, 3.05) is 11.9 Å². The Morgan fingerprint density at radius 1 is 1.30 bits per heavy atom. The highest BCUT2D eigenvalue weighted by Crippen LogP contribution is 2.28. The van der Waals surface area contributed by atoms with Crippen molar-refractivity contribution in [1.82, 2.24) is 9.97 Å². The number of nitrogens with one attached hydrogen (secondary N) is 1. The molecule has 0 spiro atoms. The van der Waals surface area contributed by atoms with Crippen LogP contribution in [0.2, 0.25) is 0 Å². The predicted octanol–water partition coefficient (Wildman–Crippen LogP) is 4.05. The predicted molar refractivity (Wildman–Crippen MR) is 83.2 cm³/mol. The number of nitrogens with zero attached hydrogens (tertiary/aromatic N) is 2. The van der Waals surface area contributed by atoms with Crippen LogP contribution in [0.1, 0.15) is 37.4 Å². The molecule has 0 aliphatic carbocycles. The van der Waals surface area contributed by atoms with Gasteiger partial charge in [-0.05, 0) is 25.5 Å². The third-order valence-electron chi connectivity index (χ3n) is 2.94. The first-order chi connectivity index (χ1) is 9.74. The molecular formula is C15H21N3OS. The van der Waals surface area contributed by atoms with Gasteiger partial charge in [0.2, 0.25) is 0 Å². The summed E-state index contributed by atoms with van der Waals surface area (Å²) in [5.74, 6) is 3.60. The van der Waals surface area contributed by atoms with Gasteiger partial charge in [0, 0.05) is 18.5 Å². The van der Waals surface area contributed by atoms with E-state index in [4.69, 9.17) is 4.42 Å². The molecule has 1 N–H and O–H groups in total. The van der Waals surface area contributed by atoms with Crippen molar-refractivity contribution >= 4 is 17.6 Å². The summed E-state index contributed by atoms with van der Waals surface area (Å²) in [5, 5.41) is 4.42. The van der Waals surface area contributed by atoms with Crippen molar-refractivity contribution in [3.63, 3.8) is 0 Å². The number of furan rings is 1. The van der Waals surface area contributed by atoms with Gasteiger partial charge in [0.15, 0.2) is 0 Å². The van der Waals surface area contributed by atoms with Gasteiger partial charge in [0.1, 0.15) is 22.4 Å². The van der Waals surface area contributed by atoms with E-state index in [0.717, 1.165) is 53.1 Å². The highest BCUT2D eigenvalue weighted by molar-refractivity contribution is 7.98. The second-order valence-electron chi connectivity index (χ2n) is 4.57. The van der Waals surface area contributed by atoms with Gasteiger partial charge in [-0.1, -0.05) is 25.6 Å². The van der Waals surface area contributed by atoms with E-state index in [0.29, 0.717) is 0 Å². The van der Waals surface area contributed by atoms with Crippen molar-refractivity contribution in [1.29, 1.82) is 0 Å². The van der Waals surface area contributed by atoms with Gasteiger partial charge in [-0.25, -0.2) is 9.97 Å². The number of anilines is 1. The van der Waals surface area contributed by atoms with Crippen molar-refractivity contribution in [2.24, 2.45) is 0 Å². The zero-order valence-electron chi connectivity index (χ0n) is 12.3. The maximum atomic E-state index is 5.37. The zero-order chi connectivity index (χ0) is 14.4. The lowest BCUT2D eigenvalue weighted by atomic mass is 10.3. The summed E-state index contributed by atoms with van der Waals surface area (Å²) >= 11 is 1.70. The lowest BCUT2D eigenvalue weighted by Crippen LogP contribution is -2.08. The quantitative estimate of drug-likeness (QED) is 0.616. The molecule has 0 atom stereocenters. The van der Waals surface area contributed by atoms with Gasteiger partial charge >= 0.3 is 0 Å². The average Bonchev–Trinajstić information content (AvgIpc) is 2.98. The van der Waals surface area contributed by atoms with Gasteiger partial charge < -0.3 is 9.73 Å². The van der Waals surface area contributed by atoms with E-state index in [9.17, 15) is 0 Å². The van der Waals surface area contributed by atoms with E-state index in [1.54, 1.807) is 18.0 Å². The standard InChI is InChI=1S/C15H21N3OS/c1-4-8-16-14-11(3)15(18-13(5-2)17-14)20-10-12-7-6-9-19-12/h6-7,9H,4-5,8,10H2,1-3H3,(H,16,17,18). The zero-order valence-corrected chi connectivity index (χ0v) is 13.1. The Labute approximate surface area is 124 Å². The summed E-state index contributed by atoms with van der Waals surface area (Å²) in [6.07, 6.45) is 3.63. The van der Waals surface area contributed by atoms with Gasteiger partial charge in [-0.15, -0.1) is 0 Å². The molecule has 0 fully saturated rings. The number of hydrogen-bond acceptors (Lipinski definition) is 5. The summed E-state index contributed by atoms with van der Waals surface area (Å²) in [7, 11) is 0. The fourth-order valence-electron chi connectivity index (χ4n) is 1.79. The fourth-order valence-corrected chi connectivity index (χ4v) is 2.71. The van der Waals surface area contributed by atoms with E-state index in [1.165, 1.54) is 0 Å². The highest BCUT2D eigenvalue weighted by atomic mass is 32.2. The Morgan fingerprint density at radius 2 is 2.15 bits per heavy atom. The van der Waals surface area contributed by atoms with E-state index in [1.807, 2.05) is 12.1 Å². The first-order valence-corrected chi connectivity index (χ1v) is 7.99. The highest BCUT2D eigenvalue weighted by Gasteiger charge is 2.11. The number of rotatable bonds is 7. The van der Waals surface area contributed by atoms with Crippen molar-refractivity contribution in [3.8, 4) is 0 Å². The Kier molecular flexibility index (Phi) is 5.47. The van der Waals surface area contributed by atoms with E-state index >= 15 is 0 Å². The van der Waals surface area contributed by atoms with Gasteiger partial charge in [0.25, 0.3) is 0 Å². The van der Waals surface area contributed by atoms with Crippen LogP contribution >= 0.6 is 11.8 Å². The first-order valence-electron chi connectivity index (χ1n) is 7.01. The monoisotopic (exact) mass is 291 g/mol. The third-order valence-corrected chi connectivity index (χ3v) is 4.04. The third kappa shape index (κ3) is 3.76. The Balaban J connectivity index is 2.17. The van der Waals surface area contributed by atoms with Crippen LogP contribution in [0.15, 0.2) is 27.8 Å². The fraction of sp³-hybridized carbons (Fsp3) is 0.467. The molecule has 0 aromatic carbocycles. The van der Waals surface area contributed by atoms with E-state index in [-0.39, 0.29) is 0 Å². The van der Waals surface area contributed by atoms with E-state index in [2.05, 4.69) is 36.1 Å². The molecule has 0 aliphatic rings. The van der Waals surface area contributed by atoms with Crippen molar-refractivity contribution < 1.29 is 4.42 Å². The Morgan fingerprint density at radius 3 is 2.80 bits per heavy atom. The normalized spacial score (nSPS) is 10.8. The summed E-state index contributed by atoms with van der Waals surface area (Å²) in [5.41, 5.74) is 1.12. The van der Waals surface area contributed by atoms with Crippen LogP contribution in [0, 0.1) is 6.92 Å². The van der Waals surface area contributed by atoms with Crippen LogP contribution in [0.25, 0.3) is 0 Å². The van der Waals surface area contributed by atoms with Crippen molar-refractivity contribution in [3.05, 3.63) is 35.5 Å². The summed E-state index contributed by atoms with van der Waals surface area (Å²) < 4.78 is 5.37. The molecule has 0 saturated carbocycles. The second-order valence-corrected chi connectivity index (χ2v) is 5.53. The molecule has 4 nitrogen and oxygen atoms in total. The second kappa shape index (κ2) is 7.33. The van der Waals surface area contributed by atoms with Crippen LogP contribution in [0.4, 0.5) is 5.82 Å². The largest absolute Gasteiger partial charge is 0.468 e. The van der Waals surface area contributed by atoms with Gasteiger partial charge in [0.05, 0.1) is 12.0 Å². The molecule has 2 aromatic heterocycles. The van der Waals surface area contributed by atoms with Crippen LogP contribution in [0.5, 0.6) is 0 Å². The van der Waals surface area contributed by atoms with E-state index < -0.39 is 0 Å². The van der Waals surface area contributed by atoms with Crippen LogP contribution in [-0.2, 0) is 12.2 Å². The molecule has 5 heteroatoms. The Bertz CT molecular complexity index is 540. The van der Waals surface area contributed by atoms with Crippen molar-refractivity contribution in [2.45, 2.75) is 44.4 Å². The van der Waals surface area contributed by atoms with Gasteiger partial charge in [-0.2, -0.15) is 0 Å². The molecule has 0 aliphatic heterocycles. The molecule has 0 radical (unpaired) electrons.